The number of amides is 2. The summed E-state index contributed by atoms with van der Waals surface area (Å²) in [6, 6.07) is 2.92. The molecule has 0 aliphatic carbocycles. The first-order chi connectivity index (χ1) is 9.56. The fourth-order valence-electron chi connectivity index (χ4n) is 2.27. The Morgan fingerprint density at radius 1 is 1.40 bits per heavy atom. The largest absolute Gasteiger partial charge is 0.397 e. The summed E-state index contributed by atoms with van der Waals surface area (Å²) in [7, 11) is 0. The number of hydrogen-bond donors (Lipinski definition) is 2. The molecule has 20 heavy (non-hydrogen) atoms. The summed E-state index contributed by atoms with van der Waals surface area (Å²) >= 11 is 0. The molecule has 2 amide bonds. The fraction of sp³-hybridized carbons (Fsp3) is 0.500. The SMILES string of the molecule is CC(NC(=O)Cc1ccc(N)cn1)C(=O)N1CCCC1. The molecule has 108 valence electrons. The lowest BCUT2D eigenvalue weighted by molar-refractivity contribution is -0.134. The van der Waals surface area contributed by atoms with Crippen LogP contribution in [0.4, 0.5) is 5.69 Å². The molecular weight excluding hydrogens is 256 g/mol. The van der Waals surface area contributed by atoms with Gasteiger partial charge in [0, 0.05) is 18.8 Å². The quantitative estimate of drug-likeness (QED) is 0.829. The van der Waals surface area contributed by atoms with Crippen molar-refractivity contribution < 1.29 is 9.59 Å². The molecule has 2 heterocycles. The van der Waals surface area contributed by atoms with E-state index in [1.807, 2.05) is 0 Å². The molecule has 0 aromatic carbocycles. The van der Waals surface area contributed by atoms with Crippen LogP contribution in [-0.4, -0.2) is 40.8 Å². The van der Waals surface area contributed by atoms with Crippen LogP contribution in [0.15, 0.2) is 18.3 Å². The van der Waals surface area contributed by atoms with Crippen LogP contribution in [0.1, 0.15) is 25.5 Å². The lowest BCUT2D eigenvalue weighted by Gasteiger charge is -2.21. The summed E-state index contributed by atoms with van der Waals surface area (Å²) in [5, 5.41) is 2.72. The van der Waals surface area contributed by atoms with Crippen molar-refractivity contribution in [1.29, 1.82) is 0 Å². The molecule has 0 saturated carbocycles. The highest BCUT2D eigenvalue weighted by Crippen LogP contribution is 2.09. The van der Waals surface area contributed by atoms with Crippen molar-refractivity contribution in [2.24, 2.45) is 0 Å². The maximum atomic E-state index is 12.1. The van der Waals surface area contributed by atoms with Crippen LogP contribution in [0.3, 0.4) is 0 Å². The van der Waals surface area contributed by atoms with E-state index < -0.39 is 6.04 Å². The first-order valence-electron chi connectivity index (χ1n) is 6.85. The summed E-state index contributed by atoms with van der Waals surface area (Å²) in [5.74, 6) is -0.219. The van der Waals surface area contributed by atoms with Crippen molar-refractivity contribution in [2.45, 2.75) is 32.2 Å². The Bertz CT molecular complexity index is 480. The Morgan fingerprint density at radius 2 is 2.10 bits per heavy atom. The molecular formula is C14H20N4O2. The number of nitrogens with zero attached hydrogens (tertiary/aromatic N) is 2. The highest BCUT2D eigenvalue weighted by atomic mass is 16.2. The van der Waals surface area contributed by atoms with Gasteiger partial charge in [0.25, 0.3) is 0 Å². The Morgan fingerprint density at radius 3 is 2.70 bits per heavy atom. The zero-order valence-corrected chi connectivity index (χ0v) is 11.6. The van der Waals surface area contributed by atoms with E-state index in [0.717, 1.165) is 25.9 Å². The normalized spacial score (nSPS) is 15.9. The molecule has 1 aliphatic heterocycles. The minimum atomic E-state index is -0.491. The maximum absolute atomic E-state index is 12.1. The third kappa shape index (κ3) is 3.69. The van der Waals surface area contributed by atoms with E-state index in [-0.39, 0.29) is 18.2 Å². The van der Waals surface area contributed by atoms with Gasteiger partial charge in [-0.1, -0.05) is 0 Å². The molecule has 2 rings (SSSR count). The monoisotopic (exact) mass is 276 g/mol. The van der Waals surface area contributed by atoms with E-state index in [9.17, 15) is 9.59 Å². The number of anilines is 1. The van der Waals surface area contributed by atoms with Gasteiger partial charge >= 0.3 is 0 Å². The molecule has 6 heteroatoms. The summed E-state index contributed by atoms with van der Waals surface area (Å²) < 4.78 is 0. The number of nitrogens with two attached hydrogens (primary N) is 1. The molecule has 1 saturated heterocycles. The number of rotatable bonds is 4. The number of nitrogens with one attached hydrogen (secondary N) is 1. The standard InChI is InChI=1S/C14H20N4O2/c1-10(14(20)18-6-2-3-7-18)17-13(19)8-12-5-4-11(15)9-16-12/h4-5,9-10H,2-3,6-8,15H2,1H3,(H,17,19). The van der Waals surface area contributed by atoms with Crippen LogP contribution in [0.2, 0.25) is 0 Å². The molecule has 6 nitrogen and oxygen atoms in total. The molecule has 1 aliphatic rings. The van der Waals surface area contributed by atoms with Crippen molar-refractivity contribution in [2.75, 3.05) is 18.8 Å². The van der Waals surface area contributed by atoms with E-state index in [1.165, 1.54) is 6.20 Å². The van der Waals surface area contributed by atoms with Crippen LogP contribution in [-0.2, 0) is 16.0 Å². The Kier molecular flexibility index (Phi) is 4.55. The first-order valence-corrected chi connectivity index (χ1v) is 6.85. The molecule has 1 atom stereocenters. The maximum Gasteiger partial charge on any atom is 0.244 e. The molecule has 1 aromatic rings. The summed E-state index contributed by atoms with van der Waals surface area (Å²) in [6.07, 6.45) is 3.75. The van der Waals surface area contributed by atoms with Crippen molar-refractivity contribution in [3.05, 3.63) is 24.0 Å². The minimum absolute atomic E-state index is 0.0129. The van der Waals surface area contributed by atoms with Crippen molar-refractivity contribution >= 4 is 17.5 Å². The topological polar surface area (TPSA) is 88.3 Å². The second kappa shape index (κ2) is 6.36. The number of nitrogen functional groups attached to an aromatic ring is 1. The van der Waals surface area contributed by atoms with Crippen molar-refractivity contribution in [3.63, 3.8) is 0 Å². The van der Waals surface area contributed by atoms with E-state index >= 15 is 0 Å². The van der Waals surface area contributed by atoms with Gasteiger partial charge in [0.2, 0.25) is 11.8 Å². The number of carbonyl (C=O) groups excluding carboxylic acids is 2. The van der Waals surface area contributed by atoms with Crippen molar-refractivity contribution in [3.8, 4) is 0 Å². The second-order valence-electron chi connectivity index (χ2n) is 5.08. The van der Waals surface area contributed by atoms with E-state index in [2.05, 4.69) is 10.3 Å². The average molecular weight is 276 g/mol. The van der Waals surface area contributed by atoms with E-state index in [4.69, 9.17) is 5.73 Å². The number of carbonyl (C=O) groups is 2. The van der Waals surface area contributed by atoms with Gasteiger partial charge in [0.05, 0.1) is 18.3 Å². The zero-order chi connectivity index (χ0) is 14.5. The highest BCUT2D eigenvalue weighted by molar-refractivity contribution is 5.88. The highest BCUT2D eigenvalue weighted by Gasteiger charge is 2.24. The smallest absolute Gasteiger partial charge is 0.244 e. The molecule has 0 spiro atoms. The average Bonchev–Trinajstić information content (AvgIpc) is 2.94. The van der Waals surface area contributed by atoms with Crippen LogP contribution < -0.4 is 11.1 Å². The van der Waals surface area contributed by atoms with Crippen LogP contribution in [0, 0.1) is 0 Å². The van der Waals surface area contributed by atoms with Crippen LogP contribution >= 0.6 is 0 Å². The van der Waals surface area contributed by atoms with Gasteiger partial charge in [-0.25, -0.2) is 0 Å². The molecule has 0 bridgehead atoms. The van der Waals surface area contributed by atoms with E-state index in [1.54, 1.807) is 24.0 Å². The van der Waals surface area contributed by atoms with E-state index in [0.29, 0.717) is 11.4 Å². The third-order valence-corrected chi connectivity index (χ3v) is 3.35. The Labute approximate surface area is 118 Å². The van der Waals surface area contributed by atoms with Gasteiger partial charge in [-0.2, -0.15) is 0 Å². The fourth-order valence-corrected chi connectivity index (χ4v) is 2.27. The second-order valence-corrected chi connectivity index (χ2v) is 5.08. The first kappa shape index (κ1) is 14.3. The lowest BCUT2D eigenvalue weighted by Crippen LogP contribution is -2.46. The van der Waals surface area contributed by atoms with Crippen molar-refractivity contribution in [1.82, 2.24) is 15.2 Å². The van der Waals surface area contributed by atoms with Crippen LogP contribution in [0.25, 0.3) is 0 Å². The number of hydrogen-bond acceptors (Lipinski definition) is 4. The number of pyridine rings is 1. The van der Waals surface area contributed by atoms with Gasteiger partial charge in [-0.15, -0.1) is 0 Å². The predicted molar refractivity (Wildman–Crippen MR) is 75.8 cm³/mol. The van der Waals surface area contributed by atoms with Gasteiger partial charge < -0.3 is 16.0 Å². The van der Waals surface area contributed by atoms with Gasteiger partial charge in [-0.3, -0.25) is 14.6 Å². The summed E-state index contributed by atoms with van der Waals surface area (Å²) in [5.41, 5.74) is 6.73. The number of aromatic nitrogens is 1. The lowest BCUT2D eigenvalue weighted by atomic mass is 10.2. The Balaban J connectivity index is 1.84. The van der Waals surface area contributed by atoms with Crippen LogP contribution in [0.5, 0.6) is 0 Å². The minimum Gasteiger partial charge on any atom is -0.397 e. The van der Waals surface area contributed by atoms with Gasteiger partial charge in [0.15, 0.2) is 0 Å². The number of likely N-dealkylation sites (tertiary alicyclic amines) is 1. The Hall–Kier alpha value is -2.11. The molecule has 3 N–H and O–H groups in total. The van der Waals surface area contributed by atoms with Gasteiger partial charge in [0.1, 0.15) is 6.04 Å². The summed E-state index contributed by atoms with van der Waals surface area (Å²) in [6.45, 7) is 3.30. The third-order valence-electron chi connectivity index (χ3n) is 3.35. The molecule has 1 aromatic heterocycles. The molecule has 0 radical (unpaired) electrons. The predicted octanol–water partition coefficient (Wildman–Crippen LogP) is 0.333. The zero-order valence-electron chi connectivity index (χ0n) is 11.6. The van der Waals surface area contributed by atoms with Gasteiger partial charge in [-0.05, 0) is 31.9 Å². The summed E-state index contributed by atoms with van der Waals surface area (Å²) in [4.78, 5) is 29.8. The molecule has 1 fully saturated rings. The molecule has 1 unspecified atom stereocenters.